The number of hydrogen-bond acceptors (Lipinski definition) is 5. The predicted molar refractivity (Wildman–Crippen MR) is 72.9 cm³/mol. The molecular formula is C12H18NO6P. The van der Waals surface area contributed by atoms with Crippen molar-refractivity contribution in [2.75, 3.05) is 13.3 Å². The van der Waals surface area contributed by atoms with E-state index in [-0.39, 0.29) is 18.1 Å². The maximum Gasteiger partial charge on any atom is 0.320 e. The van der Waals surface area contributed by atoms with Crippen molar-refractivity contribution in [3.05, 3.63) is 29.8 Å². The van der Waals surface area contributed by atoms with Crippen LogP contribution in [0.4, 0.5) is 0 Å². The Bertz CT molecular complexity index is 503. The van der Waals surface area contributed by atoms with Gasteiger partial charge in [-0.3, -0.25) is 9.36 Å². The number of carboxylic acid groups (broad SMARTS) is 1. The van der Waals surface area contributed by atoms with E-state index in [1.807, 2.05) is 0 Å². The maximum absolute atomic E-state index is 12.0. The van der Waals surface area contributed by atoms with Crippen molar-refractivity contribution in [2.24, 2.45) is 5.73 Å². The normalized spacial score (nSPS) is 17.0. The zero-order valence-electron chi connectivity index (χ0n) is 11.0. The molecule has 0 aromatic heterocycles. The number of rotatable bonds is 7. The van der Waals surface area contributed by atoms with Gasteiger partial charge < -0.3 is 25.6 Å². The highest BCUT2D eigenvalue weighted by molar-refractivity contribution is 7.58. The zero-order valence-corrected chi connectivity index (χ0v) is 11.9. The van der Waals surface area contributed by atoms with Crippen molar-refractivity contribution in [3.63, 3.8) is 0 Å². The Hall–Kier alpha value is -1.40. The van der Waals surface area contributed by atoms with Crippen LogP contribution in [0.1, 0.15) is 17.8 Å². The molecule has 1 aromatic carbocycles. The molecule has 1 rings (SSSR count). The lowest BCUT2D eigenvalue weighted by molar-refractivity contribution is -0.138. The molecule has 20 heavy (non-hydrogen) atoms. The van der Waals surface area contributed by atoms with E-state index in [4.69, 9.17) is 15.6 Å². The lowest BCUT2D eigenvalue weighted by atomic mass is 10.2. The van der Waals surface area contributed by atoms with Gasteiger partial charge in [-0.1, -0.05) is 12.1 Å². The SMILES string of the molecule is COc1ccc(C(O)P(=O)(O)CC[C@H](N)C(=O)O)cc1. The molecule has 1 aromatic rings. The summed E-state index contributed by atoms with van der Waals surface area (Å²) in [6.07, 6.45) is -0.552. The molecule has 0 aliphatic carbocycles. The lowest BCUT2D eigenvalue weighted by Crippen LogP contribution is -2.31. The summed E-state index contributed by atoms with van der Waals surface area (Å²) >= 11 is 0. The summed E-state index contributed by atoms with van der Waals surface area (Å²) in [5, 5.41) is 18.5. The Morgan fingerprint density at radius 1 is 1.40 bits per heavy atom. The van der Waals surface area contributed by atoms with Gasteiger partial charge in [-0.15, -0.1) is 0 Å². The first-order chi connectivity index (χ1) is 9.27. The minimum atomic E-state index is -3.95. The molecule has 5 N–H and O–H groups in total. The summed E-state index contributed by atoms with van der Waals surface area (Å²) in [4.78, 5) is 20.4. The van der Waals surface area contributed by atoms with Crippen LogP contribution < -0.4 is 10.5 Å². The molecule has 0 fully saturated rings. The van der Waals surface area contributed by atoms with Crippen molar-refractivity contribution in [3.8, 4) is 5.75 Å². The summed E-state index contributed by atoms with van der Waals surface area (Å²) in [6.45, 7) is 0. The minimum Gasteiger partial charge on any atom is -0.497 e. The number of nitrogens with two attached hydrogens (primary N) is 1. The average Bonchev–Trinajstić information content (AvgIpc) is 2.44. The average molecular weight is 303 g/mol. The molecule has 7 nitrogen and oxygen atoms in total. The summed E-state index contributed by atoms with van der Waals surface area (Å²) in [7, 11) is -2.47. The lowest BCUT2D eigenvalue weighted by Gasteiger charge is -2.19. The first-order valence-electron chi connectivity index (χ1n) is 5.90. The molecule has 0 radical (unpaired) electrons. The molecule has 0 spiro atoms. The van der Waals surface area contributed by atoms with Crippen molar-refractivity contribution >= 4 is 13.3 Å². The second kappa shape index (κ2) is 6.85. The fourth-order valence-corrected chi connectivity index (χ4v) is 3.11. The molecule has 0 saturated carbocycles. The number of aliphatic hydroxyl groups is 1. The molecule has 0 aliphatic rings. The Balaban J connectivity index is 2.74. The van der Waals surface area contributed by atoms with Crippen molar-refractivity contribution < 1.29 is 29.2 Å². The Labute approximate surface area is 116 Å². The smallest absolute Gasteiger partial charge is 0.320 e. The number of hydrogen-bond donors (Lipinski definition) is 4. The fraction of sp³-hybridized carbons (Fsp3) is 0.417. The van der Waals surface area contributed by atoms with Crippen LogP contribution in [0.3, 0.4) is 0 Å². The van der Waals surface area contributed by atoms with Crippen LogP contribution in [0.25, 0.3) is 0 Å². The van der Waals surface area contributed by atoms with E-state index in [0.717, 1.165) is 0 Å². The van der Waals surface area contributed by atoms with Crippen molar-refractivity contribution in [1.29, 1.82) is 0 Å². The van der Waals surface area contributed by atoms with Crippen molar-refractivity contribution in [2.45, 2.75) is 18.3 Å². The van der Waals surface area contributed by atoms with E-state index in [0.29, 0.717) is 5.75 Å². The minimum absolute atomic E-state index is 0.184. The molecule has 112 valence electrons. The van der Waals surface area contributed by atoms with Crippen LogP contribution in [0, 0.1) is 0 Å². The second-order valence-electron chi connectivity index (χ2n) is 4.36. The van der Waals surface area contributed by atoms with E-state index in [9.17, 15) is 19.4 Å². The van der Waals surface area contributed by atoms with Crippen LogP contribution in [0.2, 0.25) is 0 Å². The monoisotopic (exact) mass is 303 g/mol. The molecule has 0 bridgehead atoms. The third-order valence-electron chi connectivity index (χ3n) is 2.87. The van der Waals surface area contributed by atoms with Gasteiger partial charge in [0.05, 0.1) is 7.11 Å². The quantitative estimate of drug-likeness (QED) is 0.547. The maximum atomic E-state index is 12.0. The number of aliphatic carboxylic acids is 1. The highest BCUT2D eigenvalue weighted by atomic mass is 31.2. The molecule has 2 unspecified atom stereocenters. The number of ether oxygens (including phenoxy) is 1. The zero-order chi connectivity index (χ0) is 15.3. The number of aliphatic hydroxyl groups excluding tert-OH is 1. The van der Waals surface area contributed by atoms with Gasteiger partial charge in [-0.25, -0.2) is 0 Å². The molecule has 0 aliphatic heterocycles. The molecule has 0 amide bonds. The number of carboxylic acids is 1. The summed E-state index contributed by atoms with van der Waals surface area (Å²) in [6, 6.07) is 4.84. The van der Waals surface area contributed by atoms with Crippen LogP contribution in [0.5, 0.6) is 5.75 Å². The summed E-state index contributed by atoms with van der Waals surface area (Å²) in [5.74, 6) is -2.26. The first-order valence-corrected chi connectivity index (χ1v) is 7.81. The highest BCUT2D eigenvalue weighted by Crippen LogP contribution is 2.54. The molecule has 0 saturated heterocycles. The standard InChI is InChI=1S/C12H18NO6P/c1-19-9-4-2-8(3-5-9)12(16)20(17,18)7-6-10(13)11(14)15/h2-5,10,12,16H,6-7,13H2,1H3,(H,14,15)(H,17,18)/t10-,12?/m0/s1. The molecule has 0 heterocycles. The third kappa shape index (κ3) is 4.31. The number of carbonyl (C=O) groups is 1. The van der Waals surface area contributed by atoms with Gasteiger partial charge >= 0.3 is 5.97 Å². The van der Waals surface area contributed by atoms with Crippen LogP contribution >= 0.6 is 7.37 Å². The van der Waals surface area contributed by atoms with E-state index >= 15 is 0 Å². The Morgan fingerprint density at radius 2 is 1.95 bits per heavy atom. The van der Waals surface area contributed by atoms with Gasteiger partial charge in [-0.2, -0.15) is 0 Å². The van der Waals surface area contributed by atoms with Gasteiger partial charge in [-0.05, 0) is 24.1 Å². The predicted octanol–water partition coefficient (Wildman–Crippen LogP) is 0.758. The largest absolute Gasteiger partial charge is 0.497 e. The van der Waals surface area contributed by atoms with E-state index in [1.165, 1.54) is 19.2 Å². The first kappa shape index (κ1) is 16.7. The summed E-state index contributed by atoms with van der Waals surface area (Å²) < 4.78 is 17.0. The van der Waals surface area contributed by atoms with Gasteiger partial charge in [0.15, 0.2) is 5.85 Å². The van der Waals surface area contributed by atoms with Gasteiger partial charge in [0.1, 0.15) is 11.8 Å². The highest BCUT2D eigenvalue weighted by Gasteiger charge is 2.31. The molecular weight excluding hydrogens is 285 g/mol. The molecule has 8 heteroatoms. The van der Waals surface area contributed by atoms with Gasteiger partial charge in [0.2, 0.25) is 7.37 Å². The van der Waals surface area contributed by atoms with Gasteiger partial charge in [0.25, 0.3) is 0 Å². The van der Waals surface area contributed by atoms with E-state index in [2.05, 4.69) is 0 Å². The van der Waals surface area contributed by atoms with Crippen LogP contribution in [0.15, 0.2) is 24.3 Å². The van der Waals surface area contributed by atoms with Crippen LogP contribution in [-0.2, 0) is 9.36 Å². The van der Waals surface area contributed by atoms with E-state index in [1.54, 1.807) is 12.1 Å². The van der Waals surface area contributed by atoms with Crippen LogP contribution in [-0.4, -0.2) is 40.4 Å². The fourth-order valence-electron chi connectivity index (χ4n) is 1.58. The Kier molecular flexibility index (Phi) is 5.71. The third-order valence-corrected chi connectivity index (χ3v) is 4.84. The Morgan fingerprint density at radius 3 is 2.40 bits per heavy atom. The molecule has 3 atom stereocenters. The van der Waals surface area contributed by atoms with Gasteiger partial charge in [0, 0.05) is 6.16 Å². The second-order valence-corrected chi connectivity index (χ2v) is 6.81. The number of benzene rings is 1. The van der Waals surface area contributed by atoms with E-state index < -0.39 is 25.2 Å². The number of methoxy groups -OCH3 is 1. The van der Waals surface area contributed by atoms with Crippen molar-refractivity contribution in [1.82, 2.24) is 0 Å². The summed E-state index contributed by atoms with van der Waals surface area (Å²) in [5.41, 5.74) is 5.53. The topological polar surface area (TPSA) is 130 Å².